The van der Waals surface area contributed by atoms with Crippen molar-refractivity contribution in [3.63, 3.8) is 0 Å². The van der Waals surface area contributed by atoms with Gasteiger partial charge in [-0.25, -0.2) is 4.79 Å². The third-order valence-electron chi connectivity index (χ3n) is 5.53. The largest absolute Gasteiger partial charge is 0.477 e. The molecule has 3 rings (SSSR count). The van der Waals surface area contributed by atoms with Crippen LogP contribution in [-0.2, 0) is 0 Å². The lowest BCUT2D eigenvalue weighted by atomic mass is 9.91. The van der Waals surface area contributed by atoms with Crippen LogP contribution in [0.4, 0.5) is 5.69 Å². The predicted molar refractivity (Wildman–Crippen MR) is 121 cm³/mol. The Morgan fingerprint density at radius 3 is 2.07 bits per heavy atom. The van der Waals surface area contributed by atoms with Gasteiger partial charge in [-0.15, -0.1) is 11.3 Å². The zero-order chi connectivity index (χ0) is 21.4. The Kier molecular flexibility index (Phi) is 9.04. The van der Waals surface area contributed by atoms with Crippen LogP contribution in [0, 0.1) is 23.2 Å². The maximum absolute atomic E-state index is 11.4. The number of carboxylic acid groups (broad SMARTS) is 1. The maximum atomic E-state index is 11.4. The summed E-state index contributed by atoms with van der Waals surface area (Å²) < 4.78 is 0. The van der Waals surface area contributed by atoms with Crippen molar-refractivity contribution in [3.8, 4) is 11.8 Å². The van der Waals surface area contributed by atoms with Crippen LogP contribution < -0.4 is 5.06 Å². The molecule has 0 aromatic carbocycles. The van der Waals surface area contributed by atoms with Gasteiger partial charge < -0.3 is 5.11 Å². The number of aromatic carboxylic acids is 1. The first kappa shape index (κ1) is 23.8. The van der Waals surface area contributed by atoms with Gasteiger partial charge in [0.15, 0.2) is 0 Å². The molecule has 2 fully saturated rings. The Morgan fingerprint density at radius 2 is 1.62 bits per heavy atom. The molecule has 0 saturated heterocycles. The van der Waals surface area contributed by atoms with Gasteiger partial charge in [0.25, 0.3) is 0 Å². The maximum Gasteiger partial charge on any atom is 0.348 e. The molecule has 0 radical (unpaired) electrons. The minimum absolute atomic E-state index is 0.00451. The number of anilines is 1. The summed E-state index contributed by atoms with van der Waals surface area (Å²) in [5, 5.41) is 21.0. The lowest BCUT2D eigenvalue weighted by Gasteiger charge is -2.30. The predicted octanol–water partition coefficient (Wildman–Crippen LogP) is 6.96. The molecule has 5 heteroatoms. The first-order chi connectivity index (χ1) is 13.7. The fraction of sp³-hybridized carbons (Fsp3) is 0.708. The summed E-state index contributed by atoms with van der Waals surface area (Å²) in [4.78, 5) is 12.3. The number of nitrogens with zero attached hydrogens (tertiary/aromatic N) is 1. The number of carboxylic acids is 1. The van der Waals surface area contributed by atoms with E-state index in [-0.39, 0.29) is 16.3 Å². The molecule has 0 bridgehead atoms. The normalized spacial score (nSPS) is 18.2. The molecule has 0 unspecified atom stereocenters. The van der Waals surface area contributed by atoms with Crippen molar-refractivity contribution in [1.29, 1.82) is 0 Å². The first-order valence-corrected chi connectivity index (χ1v) is 11.9. The molecule has 2 aliphatic rings. The number of hydroxylamine groups is 1. The second-order valence-corrected chi connectivity index (χ2v) is 10.6. The van der Waals surface area contributed by atoms with E-state index in [4.69, 9.17) is 0 Å². The van der Waals surface area contributed by atoms with E-state index in [1.54, 1.807) is 6.07 Å². The summed E-state index contributed by atoms with van der Waals surface area (Å²) in [6.45, 7) is 8.38. The Bertz CT molecular complexity index is 711. The van der Waals surface area contributed by atoms with E-state index in [1.807, 2.05) is 20.8 Å². The Labute approximate surface area is 180 Å². The van der Waals surface area contributed by atoms with E-state index in [9.17, 15) is 15.1 Å². The van der Waals surface area contributed by atoms with Gasteiger partial charge in [0.1, 0.15) is 4.88 Å². The van der Waals surface area contributed by atoms with Gasteiger partial charge in [0.05, 0.1) is 16.6 Å². The van der Waals surface area contributed by atoms with Crippen LogP contribution >= 0.6 is 11.3 Å². The molecule has 162 valence electrons. The van der Waals surface area contributed by atoms with Crippen LogP contribution in [0.3, 0.4) is 0 Å². The highest BCUT2D eigenvalue weighted by atomic mass is 32.1. The van der Waals surface area contributed by atoms with Crippen LogP contribution in [0.25, 0.3) is 0 Å². The zero-order valence-electron chi connectivity index (χ0n) is 18.5. The number of rotatable bonds is 3. The van der Waals surface area contributed by atoms with Crippen molar-refractivity contribution in [2.75, 3.05) is 5.06 Å². The van der Waals surface area contributed by atoms with Crippen molar-refractivity contribution in [2.45, 2.75) is 97.9 Å². The number of hydrogen-bond donors (Lipinski definition) is 2. The molecule has 1 aromatic rings. The number of thiophene rings is 1. The highest BCUT2D eigenvalue weighted by molar-refractivity contribution is 7.15. The Hall–Kier alpha value is -1.51. The molecule has 0 aliphatic heterocycles. The van der Waals surface area contributed by atoms with E-state index in [1.165, 1.54) is 38.5 Å². The summed E-state index contributed by atoms with van der Waals surface area (Å²) >= 11 is 1.13. The molecule has 0 amide bonds. The summed E-state index contributed by atoms with van der Waals surface area (Å²) in [7, 11) is 0. The third-order valence-corrected chi connectivity index (χ3v) is 6.56. The molecule has 0 spiro atoms. The lowest BCUT2D eigenvalue weighted by Crippen LogP contribution is -2.34. The summed E-state index contributed by atoms with van der Waals surface area (Å²) in [5.41, 5.74) is 0.234. The molecule has 2 saturated carbocycles. The molecule has 2 N–H and O–H groups in total. The van der Waals surface area contributed by atoms with E-state index < -0.39 is 5.97 Å². The number of carbonyl (C=O) groups is 1. The monoisotopic (exact) mass is 419 g/mol. The quantitative estimate of drug-likeness (QED) is 0.411. The van der Waals surface area contributed by atoms with Crippen LogP contribution in [0.2, 0.25) is 0 Å². The minimum Gasteiger partial charge on any atom is -0.477 e. The summed E-state index contributed by atoms with van der Waals surface area (Å²) in [6.07, 6.45) is 12.6. The lowest BCUT2D eigenvalue weighted by molar-refractivity contribution is 0.0700. The molecule has 1 heterocycles. The topological polar surface area (TPSA) is 60.8 Å². The van der Waals surface area contributed by atoms with Crippen LogP contribution in [0.1, 0.15) is 106 Å². The van der Waals surface area contributed by atoms with Crippen LogP contribution in [0.5, 0.6) is 0 Å². The van der Waals surface area contributed by atoms with Gasteiger partial charge in [-0.3, -0.25) is 10.3 Å². The first-order valence-electron chi connectivity index (χ1n) is 11.1. The van der Waals surface area contributed by atoms with Crippen molar-refractivity contribution in [1.82, 2.24) is 0 Å². The van der Waals surface area contributed by atoms with Crippen LogP contribution in [-0.4, -0.2) is 22.3 Å². The van der Waals surface area contributed by atoms with Gasteiger partial charge in [0, 0.05) is 5.41 Å². The van der Waals surface area contributed by atoms with Crippen LogP contribution in [0.15, 0.2) is 6.07 Å². The molecular formula is C24H37NO3S. The summed E-state index contributed by atoms with van der Waals surface area (Å²) in [6, 6.07) is 1.70. The molecule has 29 heavy (non-hydrogen) atoms. The fourth-order valence-corrected chi connectivity index (χ4v) is 4.68. The molecular weight excluding hydrogens is 382 g/mol. The fourth-order valence-electron chi connectivity index (χ4n) is 3.84. The van der Waals surface area contributed by atoms with Gasteiger partial charge in [-0.05, 0) is 45.6 Å². The average molecular weight is 420 g/mol. The summed E-state index contributed by atoms with van der Waals surface area (Å²) in [5.74, 6) is 6.15. The second kappa shape index (κ2) is 11.0. The molecule has 1 aromatic heterocycles. The van der Waals surface area contributed by atoms with Gasteiger partial charge in [-0.2, -0.15) is 0 Å². The third kappa shape index (κ3) is 8.03. The van der Waals surface area contributed by atoms with E-state index in [0.29, 0.717) is 10.6 Å². The second-order valence-electron chi connectivity index (χ2n) is 9.51. The van der Waals surface area contributed by atoms with Crippen molar-refractivity contribution >= 4 is 23.0 Å². The Morgan fingerprint density at radius 1 is 1.07 bits per heavy atom. The average Bonchev–Trinajstić information content (AvgIpc) is 3.12. The Balaban J connectivity index is 0.000000360. The van der Waals surface area contributed by atoms with Gasteiger partial charge in [-0.1, -0.05) is 70.1 Å². The van der Waals surface area contributed by atoms with Crippen molar-refractivity contribution < 1.29 is 15.1 Å². The van der Waals surface area contributed by atoms with E-state index in [0.717, 1.165) is 48.0 Å². The van der Waals surface area contributed by atoms with Gasteiger partial charge >= 0.3 is 5.97 Å². The minimum atomic E-state index is -1.02. The molecule has 2 aliphatic carbocycles. The molecule has 0 atom stereocenters. The molecule has 4 nitrogen and oxygen atoms in total. The van der Waals surface area contributed by atoms with E-state index in [2.05, 4.69) is 18.8 Å². The zero-order valence-corrected chi connectivity index (χ0v) is 19.3. The number of hydrogen-bond acceptors (Lipinski definition) is 4. The highest BCUT2D eigenvalue weighted by Crippen LogP contribution is 2.34. The van der Waals surface area contributed by atoms with Crippen molar-refractivity contribution in [2.24, 2.45) is 11.3 Å². The smallest absolute Gasteiger partial charge is 0.348 e. The SMILES string of the molecule is CC(C)(C)C#Cc1cc(N(O)C2CCCCC2)c(C(=O)O)s1.CC1CCCCC1. The van der Waals surface area contributed by atoms with Crippen molar-refractivity contribution in [3.05, 3.63) is 15.8 Å². The highest BCUT2D eigenvalue weighted by Gasteiger charge is 2.26. The van der Waals surface area contributed by atoms with E-state index >= 15 is 0 Å². The van der Waals surface area contributed by atoms with Gasteiger partial charge in [0.2, 0.25) is 0 Å². The standard InChI is InChI=1S/C17H23NO3S.C7H14/c1-17(2,3)10-9-13-11-14(15(22-13)16(19)20)18(21)12-7-5-4-6-8-12;1-7-5-3-2-4-6-7/h11-12,21H,4-8H2,1-3H3,(H,19,20);7H,2-6H2,1H3.